The standard InChI is InChI=1S/C21H27N5O3/c1-3-26(17-7-10-25(14-17)20(27)5-4-8-22)18-11-16(13-24-21(18)28)15-6-9-23-19(12-15)29-2/h4-6,9,11-13,17H,3,7-8,10,14,22H2,1-2H3,(H,24,28)/b5-4+/t17-/m1/s1. The maximum Gasteiger partial charge on any atom is 0.271 e. The lowest BCUT2D eigenvalue weighted by Gasteiger charge is -2.29. The van der Waals surface area contributed by atoms with Gasteiger partial charge in [-0.3, -0.25) is 9.59 Å². The van der Waals surface area contributed by atoms with E-state index in [1.165, 1.54) is 6.08 Å². The Morgan fingerprint density at radius 2 is 2.28 bits per heavy atom. The van der Waals surface area contributed by atoms with E-state index < -0.39 is 0 Å². The van der Waals surface area contributed by atoms with E-state index in [1.54, 1.807) is 30.5 Å². The number of amides is 1. The molecule has 29 heavy (non-hydrogen) atoms. The van der Waals surface area contributed by atoms with Gasteiger partial charge in [0.25, 0.3) is 5.56 Å². The smallest absolute Gasteiger partial charge is 0.271 e. The maximum atomic E-state index is 12.6. The molecule has 0 unspecified atom stereocenters. The Kier molecular flexibility index (Phi) is 6.66. The minimum absolute atomic E-state index is 0.0412. The van der Waals surface area contributed by atoms with Gasteiger partial charge in [-0.2, -0.15) is 0 Å². The van der Waals surface area contributed by atoms with Crippen molar-refractivity contribution in [3.05, 3.63) is 53.1 Å². The highest BCUT2D eigenvalue weighted by atomic mass is 16.5. The van der Waals surface area contributed by atoms with Crippen molar-refractivity contribution in [2.75, 3.05) is 38.2 Å². The molecule has 8 nitrogen and oxygen atoms in total. The Morgan fingerprint density at radius 1 is 1.45 bits per heavy atom. The molecule has 2 aromatic heterocycles. The van der Waals surface area contributed by atoms with E-state index in [2.05, 4.69) is 14.9 Å². The summed E-state index contributed by atoms with van der Waals surface area (Å²) in [6, 6.07) is 5.66. The van der Waals surface area contributed by atoms with Crippen LogP contribution >= 0.6 is 0 Å². The number of hydrogen-bond donors (Lipinski definition) is 2. The summed E-state index contributed by atoms with van der Waals surface area (Å²) in [5.74, 6) is 0.471. The molecule has 0 radical (unpaired) electrons. The number of rotatable bonds is 7. The molecule has 3 rings (SSSR count). The number of carbonyl (C=O) groups is 1. The van der Waals surface area contributed by atoms with Crippen molar-refractivity contribution in [2.24, 2.45) is 5.73 Å². The van der Waals surface area contributed by atoms with Crippen LogP contribution < -0.4 is 20.9 Å². The summed E-state index contributed by atoms with van der Waals surface area (Å²) >= 11 is 0. The van der Waals surface area contributed by atoms with E-state index in [9.17, 15) is 9.59 Å². The van der Waals surface area contributed by atoms with Crippen LogP contribution in [0, 0.1) is 0 Å². The third-order valence-corrected chi connectivity index (χ3v) is 5.12. The van der Waals surface area contributed by atoms with Gasteiger partial charge in [-0.25, -0.2) is 4.98 Å². The molecule has 2 aromatic rings. The van der Waals surface area contributed by atoms with E-state index in [4.69, 9.17) is 10.5 Å². The predicted octanol–water partition coefficient (Wildman–Crippen LogP) is 1.39. The quantitative estimate of drug-likeness (QED) is 0.684. The summed E-state index contributed by atoms with van der Waals surface area (Å²) in [6.07, 6.45) is 7.35. The molecule has 0 spiro atoms. The average molecular weight is 397 g/mol. The lowest BCUT2D eigenvalue weighted by molar-refractivity contribution is -0.125. The largest absolute Gasteiger partial charge is 0.481 e. The summed E-state index contributed by atoms with van der Waals surface area (Å²) in [4.78, 5) is 35.7. The van der Waals surface area contributed by atoms with Crippen LogP contribution in [0.5, 0.6) is 5.88 Å². The van der Waals surface area contributed by atoms with Gasteiger partial charge in [0.05, 0.1) is 7.11 Å². The first-order valence-electron chi connectivity index (χ1n) is 9.72. The van der Waals surface area contributed by atoms with Gasteiger partial charge in [-0.05, 0) is 31.0 Å². The van der Waals surface area contributed by atoms with Gasteiger partial charge < -0.3 is 25.3 Å². The molecular weight excluding hydrogens is 370 g/mol. The Balaban J connectivity index is 1.85. The van der Waals surface area contributed by atoms with Crippen LogP contribution in [0.1, 0.15) is 13.3 Å². The minimum atomic E-state index is -0.149. The molecule has 1 atom stereocenters. The number of pyridine rings is 2. The highest BCUT2D eigenvalue weighted by Gasteiger charge is 2.30. The predicted molar refractivity (Wildman–Crippen MR) is 113 cm³/mol. The third-order valence-electron chi connectivity index (χ3n) is 5.12. The number of nitrogens with zero attached hydrogens (tertiary/aromatic N) is 3. The third kappa shape index (κ3) is 4.65. The lowest BCUT2D eigenvalue weighted by atomic mass is 10.1. The summed E-state index contributed by atoms with van der Waals surface area (Å²) in [5, 5.41) is 0. The molecule has 0 aromatic carbocycles. The lowest BCUT2D eigenvalue weighted by Crippen LogP contribution is -2.41. The fourth-order valence-corrected chi connectivity index (χ4v) is 3.65. The SMILES string of the molecule is CCN(c1cc(-c2ccnc(OC)c2)c[nH]c1=O)[C@@H]1CCN(C(=O)/C=C/CN)C1. The van der Waals surface area contributed by atoms with Crippen LogP contribution in [0.25, 0.3) is 11.1 Å². The summed E-state index contributed by atoms with van der Waals surface area (Å²) in [6.45, 7) is 4.26. The first-order chi connectivity index (χ1) is 14.1. The summed E-state index contributed by atoms with van der Waals surface area (Å²) in [5.41, 5.74) is 7.65. The number of nitrogens with one attached hydrogen (secondary N) is 1. The van der Waals surface area contributed by atoms with E-state index in [0.717, 1.165) is 17.5 Å². The number of anilines is 1. The van der Waals surface area contributed by atoms with E-state index in [1.807, 2.05) is 25.1 Å². The van der Waals surface area contributed by atoms with E-state index >= 15 is 0 Å². The van der Waals surface area contributed by atoms with Gasteiger partial charge in [0.15, 0.2) is 0 Å². The zero-order valence-corrected chi connectivity index (χ0v) is 16.8. The first kappa shape index (κ1) is 20.6. The second-order valence-electron chi connectivity index (χ2n) is 6.84. The number of carbonyl (C=O) groups excluding carboxylic acids is 1. The molecule has 0 aliphatic carbocycles. The van der Waals surface area contributed by atoms with E-state index in [0.29, 0.717) is 37.7 Å². The molecule has 1 saturated heterocycles. The highest BCUT2D eigenvalue weighted by Crippen LogP contribution is 2.26. The fourth-order valence-electron chi connectivity index (χ4n) is 3.65. The number of ether oxygens (including phenoxy) is 1. The van der Waals surface area contributed by atoms with Crippen molar-refractivity contribution < 1.29 is 9.53 Å². The average Bonchev–Trinajstić information content (AvgIpc) is 3.24. The summed E-state index contributed by atoms with van der Waals surface area (Å²) in [7, 11) is 1.57. The molecule has 1 aliphatic heterocycles. The highest BCUT2D eigenvalue weighted by molar-refractivity contribution is 5.88. The number of aromatic amines is 1. The maximum absolute atomic E-state index is 12.6. The molecule has 0 bridgehead atoms. The van der Waals surface area contributed by atoms with Crippen molar-refractivity contribution in [1.29, 1.82) is 0 Å². The normalized spacial score (nSPS) is 16.4. The molecule has 1 aliphatic rings. The number of hydrogen-bond acceptors (Lipinski definition) is 6. The van der Waals surface area contributed by atoms with Crippen molar-refractivity contribution >= 4 is 11.6 Å². The summed E-state index contributed by atoms with van der Waals surface area (Å²) < 4.78 is 5.20. The Morgan fingerprint density at radius 3 is 3.00 bits per heavy atom. The fraction of sp³-hybridized carbons (Fsp3) is 0.381. The molecule has 154 valence electrons. The van der Waals surface area contributed by atoms with Gasteiger partial charge in [0, 0.05) is 62.3 Å². The van der Waals surface area contributed by atoms with Crippen molar-refractivity contribution in [3.8, 4) is 17.0 Å². The van der Waals surface area contributed by atoms with Crippen molar-refractivity contribution in [1.82, 2.24) is 14.9 Å². The van der Waals surface area contributed by atoms with Crippen LogP contribution in [0.2, 0.25) is 0 Å². The zero-order valence-electron chi connectivity index (χ0n) is 16.8. The molecule has 1 fully saturated rings. The number of nitrogens with two attached hydrogens (primary N) is 1. The Bertz CT molecular complexity index is 940. The molecule has 0 saturated carbocycles. The number of likely N-dealkylation sites (tertiary alicyclic amines) is 1. The Hall–Kier alpha value is -3.13. The number of methoxy groups -OCH3 is 1. The minimum Gasteiger partial charge on any atom is -0.481 e. The van der Waals surface area contributed by atoms with Gasteiger partial charge in [-0.15, -0.1) is 0 Å². The monoisotopic (exact) mass is 397 g/mol. The van der Waals surface area contributed by atoms with Crippen LogP contribution in [0.4, 0.5) is 5.69 Å². The molecule has 8 heteroatoms. The van der Waals surface area contributed by atoms with Crippen LogP contribution in [-0.4, -0.2) is 60.1 Å². The van der Waals surface area contributed by atoms with Crippen LogP contribution in [-0.2, 0) is 4.79 Å². The second-order valence-corrected chi connectivity index (χ2v) is 6.84. The molecule has 3 N–H and O–H groups in total. The topological polar surface area (TPSA) is 105 Å². The zero-order chi connectivity index (χ0) is 20.8. The van der Waals surface area contributed by atoms with Gasteiger partial charge in [0.1, 0.15) is 5.69 Å². The molecule has 3 heterocycles. The van der Waals surface area contributed by atoms with Crippen LogP contribution in [0.3, 0.4) is 0 Å². The van der Waals surface area contributed by atoms with Gasteiger partial charge in [-0.1, -0.05) is 6.08 Å². The number of aromatic nitrogens is 2. The van der Waals surface area contributed by atoms with Gasteiger partial charge >= 0.3 is 0 Å². The first-order valence-corrected chi connectivity index (χ1v) is 9.72. The number of H-pyrrole nitrogens is 1. The molecule has 1 amide bonds. The molecular formula is C21H27N5O3. The van der Waals surface area contributed by atoms with Crippen LogP contribution in [0.15, 0.2) is 47.5 Å². The number of likely N-dealkylation sites (N-methyl/N-ethyl adjacent to an activating group) is 1. The Labute approximate surface area is 170 Å². The van der Waals surface area contributed by atoms with E-state index in [-0.39, 0.29) is 17.5 Å². The van der Waals surface area contributed by atoms with Crippen molar-refractivity contribution in [2.45, 2.75) is 19.4 Å². The van der Waals surface area contributed by atoms with Gasteiger partial charge in [0.2, 0.25) is 11.8 Å². The second kappa shape index (κ2) is 9.38. The van der Waals surface area contributed by atoms with Crippen molar-refractivity contribution in [3.63, 3.8) is 0 Å².